The van der Waals surface area contributed by atoms with Crippen molar-refractivity contribution in [1.82, 2.24) is 5.32 Å². The van der Waals surface area contributed by atoms with Crippen molar-refractivity contribution in [2.45, 2.75) is 237 Å². The first-order valence-corrected chi connectivity index (χ1v) is 20.6. The standard InChI is InChI=1S/C41H81NO5/c1-3-5-7-9-11-12-13-14-15-16-17-18-19-20-21-22-23-24-25-26-27-29-31-33-35-39(45)41(47)42-37(36-43)40(46)38(44)34-32-30-28-10-8-6-4-2/h20-21,37-40,43-46H,3-19,22-36H2,1-2H3,(H,42,47)/b21-20-. The third-order valence-electron chi connectivity index (χ3n) is 9.73. The van der Waals surface area contributed by atoms with E-state index in [-0.39, 0.29) is 0 Å². The summed E-state index contributed by atoms with van der Waals surface area (Å²) in [5.74, 6) is -0.589. The summed E-state index contributed by atoms with van der Waals surface area (Å²) in [5.41, 5.74) is 0. The first kappa shape index (κ1) is 46.0. The average molecular weight is 668 g/mol. The van der Waals surface area contributed by atoms with Crippen LogP contribution >= 0.6 is 0 Å². The minimum Gasteiger partial charge on any atom is -0.394 e. The summed E-state index contributed by atoms with van der Waals surface area (Å²) in [6.45, 7) is 3.99. The van der Waals surface area contributed by atoms with Crippen molar-refractivity contribution < 1.29 is 25.2 Å². The van der Waals surface area contributed by atoms with Gasteiger partial charge in [-0.3, -0.25) is 4.79 Å². The number of allylic oxidation sites excluding steroid dienone is 2. The number of carbonyl (C=O) groups excluding carboxylic acids is 1. The molecule has 0 aromatic carbocycles. The topological polar surface area (TPSA) is 110 Å². The van der Waals surface area contributed by atoms with Crippen molar-refractivity contribution >= 4 is 5.91 Å². The fraction of sp³-hybridized carbons (Fsp3) is 0.927. The lowest BCUT2D eigenvalue weighted by Crippen LogP contribution is -2.53. The van der Waals surface area contributed by atoms with Crippen molar-refractivity contribution in [2.24, 2.45) is 0 Å². The van der Waals surface area contributed by atoms with Gasteiger partial charge in [0.15, 0.2) is 0 Å². The SMILES string of the molecule is CCCCCCCCCCCCCC/C=C\CCCCCCCCCCC(O)C(=O)NC(CO)C(O)C(O)CCCCCCCCC. The van der Waals surface area contributed by atoms with E-state index in [1.165, 1.54) is 148 Å². The molecule has 4 atom stereocenters. The van der Waals surface area contributed by atoms with Gasteiger partial charge in [-0.2, -0.15) is 0 Å². The molecule has 4 unspecified atom stereocenters. The van der Waals surface area contributed by atoms with Gasteiger partial charge in [0.05, 0.1) is 18.8 Å². The van der Waals surface area contributed by atoms with Crippen LogP contribution in [0.5, 0.6) is 0 Å². The van der Waals surface area contributed by atoms with Crippen molar-refractivity contribution in [3.05, 3.63) is 12.2 Å². The summed E-state index contributed by atoms with van der Waals surface area (Å²) in [6.07, 6.45) is 38.4. The fourth-order valence-corrected chi connectivity index (χ4v) is 6.40. The van der Waals surface area contributed by atoms with Gasteiger partial charge in [0.25, 0.3) is 0 Å². The summed E-state index contributed by atoms with van der Waals surface area (Å²) in [5, 5.41) is 43.3. The number of amides is 1. The molecule has 280 valence electrons. The Kier molecular flexibility index (Phi) is 35.6. The third-order valence-corrected chi connectivity index (χ3v) is 9.73. The second-order valence-electron chi connectivity index (χ2n) is 14.3. The van der Waals surface area contributed by atoms with Gasteiger partial charge in [-0.1, -0.05) is 187 Å². The third kappa shape index (κ3) is 30.8. The van der Waals surface area contributed by atoms with Crippen LogP contribution in [0.4, 0.5) is 0 Å². The van der Waals surface area contributed by atoms with E-state index in [1.807, 2.05) is 0 Å². The van der Waals surface area contributed by atoms with E-state index in [1.54, 1.807) is 0 Å². The molecular formula is C41H81NO5. The number of unbranched alkanes of at least 4 members (excludes halogenated alkanes) is 26. The first-order valence-electron chi connectivity index (χ1n) is 20.6. The van der Waals surface area contributed by atoms with Gasteiger partial charge in [0.2, 0.25) is 5.91 Å². The Morgan fingerprint density at radius 1 is 0.511 bits per heavy atom. The molecule has 0 radical (unpaired) electrons. The molecule has 1 amide bonds. The first-order chi connectivity index (χ1) is 23.0. The molecule has 0 fully saturated rings. The highest BCUT2D eigenvalue weighted by Crippen LogP contribution is 2.16. The lowest BCUT2D eigenvalue weighted by Gasteiger charge is -2.27. The van der Waals surface area contributed by atoms with E-state index in [9.17, 15) is 25.2 Å². The van der Waals surface area contributed by atoms with E-state index < -0.39 is 36.9 Å². The second-order valence-corrected chi connectivity index (χ2v) is 14.3. The Morgan fingerprint density at radius 2 is 0.851 bits per heavy atom. The van der Waals surface area contributed by atoms with Crippen LogP contribution in [0.1, 0.15) is 213 Å². The molecular weight excluding hydrogens is 586 g/mol. The molecule has 6 nitrogen and oxygen atoms in total. The molecule has 0 aliphatic carbocycles. The number of hydrogen-bond acceptors (Lipinski definition) is 5. The Labute approximate surface area is 292 Å². The van der Waals surface area contributed by atoms with Crippen LogP contribution in [0.2, 0.25) is 0 Å². The van der Waals surface area contributed by atoms with E-state index in [0.29, 0.717) is 12.8 Å². The number of rotatable bonds is 37. The van der Waals surface area contributed by atoms with Crippen LogP contribution in [0.25, 0.3) is 0 Å². The van der Waals surface area contributed by atoms with E-state index >= 15 is 0 Å². The Morgan fingerprint density at radius 3 is 1.23 bits per heavy atom. The molecule has 0 aromatic rings. The lowest BCUT2D eigenvalue weighted by molar-refractivity contribution is -0.132. The number of aliphatic hydroxyl groups is 4. The normalized spacial score (nSPS) is 14.4. The zero-order valence-corrected chi connectivity index (χ0v) is 31.3. The zero-order valence-electron chi connectivity index (χ0n) is 31.3. The fourth-order valence-electron chi connectivity index (χ4n) is 6.40. The maximum Gasteiger partial charge on any atom is 0.249 e. The Balaban J connectivity index is 3.63. The van der Waals surface area contributed by atoms with Gasteiger partial charge in [0, 0.05) is 0 Å². The predicted molar refractivity (Wildman–Crippen MR) is 201 cm³/mol. The molecule has 0 bridgehead atoms. The zero-order chi connectivity index (χ0) is 34.6. The molecule has 0 aromatic heterocycles. The lowest BCUT2D eigenvalue weighted by atomic mass is 9.99. The van der Waals surface area contributed by atoms with Crippen molar-refractivity contribution in [2.75, 3.05) is 6.61 Å². The summed E-state index contributed by atoms with van der Waals surface area (Å²) >= 11 is 0. The largest absolute Gasteiger partial charge is 0.394 e. The molecule has 0 saturated heterocycles. The van der Waals surface area contributed by atoms with Crippen LogP contribution < -0.4 is 5.32 Å². The second kappa shape index (κ2) is 36.3. The number of aliphatic hydroxyl groups excluding tert-OH is 4. The van der Waals surface area contributed by atoms with Gasteiger partial charge in [-0.15, -0.1) is 0 Å². The monoisotopic (exact) mass is 668 g/mol. The van der Waals surface area contributed by atoms with Gasteiger partial charge in [-0.25, -0.2) is 0 Å². The molecule has 0 heterocycles. The van der Waals surface area contributed by atoms with Crippen LogP contribution in [0.15, 0.2) is 12.2 Å². The van der Waals surface area contributed by atoms with Crippen LogP contribution in [0.3, 0.4) is 0 Å². The van der Waals surface area contributed by atoms with Gasteiger partial charge >= 0.3 is 0 Å². The summed E-state index contributed by atoms with van der Waals surface area (Å²) in [6, 6.07) is -0.980. The Bertz CT molecular complexity index is 672. The quantitative estimate of drug-likeness (QED) is 0.0335. The minimum atomic E-state index is -1.25. The number of hydrogen-bond donors (Lipinski definition) is 5. The maximum atomic E-state index is 12.4. The molecule has 6 heteroatoms. The van der Waals surface area contributed by atoms with E-state index in [0.717, 1.165) is 38.5 Å². The predicted octanol–water partition coefficient (Wildman–Crippen LogP) is 10.2. The molecule has 0 aliphatic heterocycles. The van der Waals surface area contributed by atoms with Crippen LogP contribution in [-0.4, -0.2) is 57.3 Å². The highest BCUT2D eigenvalue weighted by molar-refractivity contribution is 5.80. The molecule has 0 saturated carbocycles. The van der Waals surface area contributed by atoms with Crippen LogP contribution in [-0.2, 0) is 4.79 Å². The molecule has 0 spiro atoms. The van der Waals surface area contributed by atoms with Gasteiger partial charge in [-0.05, 0) is 38.5 Å². The minimum absolute atomic E-state index is 0.367. The maximum absolute atomic E-state index is 12.4. The average Bonchev–Trinajstić information content (AvgIpc) is 3.07. The molecule has 0 aliphatic rings. The highest BCUT2D eigenvalue weighted by atomic mass is 16.3. The molecule has 0 rings (SSSR count). The van der Waals surface area contributed by atoms with Crippen molar-refractivity contribution in [1.29, 1.82) is 0 Å². The summed E-state index contributed by atoms with van der Waals surface area (Å²) in [7, 11) is 0. The highest BCUT2D eigenvalue weighted by Gasteiger charge is 2.28. The molecule has 47 heavy (non-hydrogen) atoms. The van der Waals surface area contributed by atoms with Crippen molar-refractivity contribution in [3.8, 4) is 0 Å². The number of nitrogens with one attached hydrogen (secondary N) is 1. The van der Waals surface area contributed by atoms with Crippen LogP contribution in [0, 0.1) is 0 Å². The Hall–Kier alpha value is -0.950. The van der Waals surface area contributed by atoms with Gasteiger partial charge < -0.3 is 25.7 Å². The van der Waals surface area contributed by atoms with Gasteiger partial charge in [0.1, 0.15) is 12.2 Å². The van der Waals surface area contributed by atoms with E-state index in [2.05, 4.69) is 31.3 Å². The van der Waals surface area contributed by atoms with Crippen molar-refractivity contribution in [3.63, 3.8) is 0 Å². The summed E-state index contributed by atoms with van der Waals surface area (Å²) < 4.78 is 0. The smallest absolute Gasteiger partial charge is 0.249 e. The number of carbonyl (C=O) groups is 1. The summed E-state index contributed by atoms with van der Waals surface area (Å²) in [4.78, 5) is 12.4. The molecule has 5 N–H and O–H groups in total. The van der Waals surface area contributed by atoms with E-state index in [4.69, 9.17) is 0 Å².